The minimum absolute atomic E-state index is 0.231. The molecule has 0 radical (unpaired) electrons. The summed E-state index contributed by atoms with van der Waals surface area (Å²) in [6.45, 7) is 3.02. The number of piperidine rings is 1. The van der Waals surface area contributed by atoms with Gasteiger partial charge in [0.1, 0.15) is 11.2 Å². The summed E-state index contributed by atoms with van der Waals surface area (Å²) >= 11 is 0. The number of benzene rings is 2. The van der Waals surface area contributed by atoms with Crippen LogP contribution in [0, 0.1) is 18.2 Å². The Bertz CT molecular complexity index is 780. The first-order valence-corrected chi connectivity index (χ1v) is 8.84. The number of carbonyl (C=O) groups is 1. The summed E-state index contributed by atoms with van der Waals surface area (Å²) in [5.74, 6) is -1.25. The zero-order chi connectivity index (χ0) is 18.7. The molecule has 0 bridgehead atoms. The van der Waals surface area contributed by atoms with Gasteiger partial charge in [-0.2, -0.15) is 0 Å². The molecule has 2 N–H and O–H groups in total. The van der Waals surface area contributed by atoms with Crippen molar-refractivity contribution in [2.24, 2.45) is 5.41 Å². The Labute approximate surface area is 152 Å². The number of hydrogen-bond donors (Lipinski definition) is 2. The molecule has 1 saturated heterocycles. The Morgan fingerprint density at radius 1 is 1.23 bits per heavy atom. The van der Waals surface area contributed by atoms with Crippen LogP contribution in [-0.2, 0) is 17.8 Å². The largest absolute Gasteiger partial charge is 0.481 e. The second-order valence-electron chi connectivity index (χ2n) is 7.16. The second-order valence-corrected chi connectivity index (χ2v) is 7.16. The van der Waals surface area contributed by atoms with E-state index in [1.165, 1.54) is 6.07 Å². The van der Waals surface area contributed by atoms with Crippen LogP contribution in [0.1, 0.15) is 23.1 Å². The van der Waals surface area contributed by atoms with E-state index in [-0.39, 0.29) is 18.8 Å². The van der Waals surface area contributed by atoms with Gasteiger partial charge in [0.15, 0.2) is 0 Å². The van der Waals surface area contributed by atoms with E-state index in [4.69, 9.17) is 0 Å². The van der Waals surface area contributed by atoms with Crippen molar-refractivity contribution < 1.29 is 19.4 Å². The summed E-state index contributed by atoms with van der Waals surface area (Å²) in [5.41, 5.74) is 1.06. The van der Waals surface area contributed by atoms with Gasteiger partial charge in [0.2, 0.25) is 0 Å². The highest BCUT2D eigenvalue weighted by Crippen LogP contribution is 2.35. The average Bonchev–Trinajstić information content (AvgIpc) is 2.62. The number of aliphatic hydroxyl groups is 1. The van der Waals surface area contributed by atoms with Crippen molar-refractivity contribution in [3.63, 3.8) is 0 Å². The average molecular weight is 357 g/mol. The minimum Gasteiger partial charge on any atom is -0.481 e. The molecule has 4 nitrogen and oxygen atoms in total. The molecule has 0 aromatic heterocycles. The van der Waals surface area contributed by atoms with Gasteiger partial charge in [-0.1, -0.05) is 42.5 Å². The number of halogens is 1. The number of carboxylic acid groups (broad SMARTS) is 1. The van der Waals surface area contributed by atoms with Crippen molar-refractivity contribution in [3.05, 3.63) is 71.0 Å². The maximum absolute atomic E-state index is 13.8. The molecular formula is C21H24FNO3. The number of aliphatic hydroxyl groups excluding tert-OH is 1. The molecule has 5 heteroatoms. The molecule has 1 aliphatic rings. The Morgan fingerprint density at radius 3 is 2.65 bits per heavy atom. The molecule has 0 unspecified atom stereocenters. The highest BCUT2D eigenvalue weighted by atomic mass is 19.1. The van der Waals surface area contributed by atoms with Crippen molar-refractivity contribution >= 4 is 5.97 Å². The van der Waals surface area contributed by atoms with Gasteiger partial charge in [-0.25, -0.2) is 4.39 Å². The number of nitrogens with zero attached hydrogens (tertiary/aromatic N) is 1. The number of rotatable bonds is 5. The third kappa shape index (κ3) is 3.64. The van der Waals surface area contributed by atoms with Crippen LogP contribution in [0.25, 0.3) is 0 Å². The maximum Gasteiger partial charge on any atom is 0.313 e. The van der Waals surface area contributed by atoms with Gasteiger partial charge in [0.05, 0.1) is 6.10 Å². The van der Waals surface area contributed by atoms with Crippen molar-refractivity contribution in [1.82, 2.24) is 4.90 Å². The SMILES string of the molecule is Cc1c(F)cccc1CN1CC[C@H](O)[C@@](Cc2ccccc2)(C(=O)O)C1. The lowest BCUT2D eigenvalue weighted by molar-refractivity contribution is -0.163. The summed E-state index contributed by atoms with van der Waals surface area (Å²) < 4.78 is 13.8. The zero-order valence-electron chi connectivity index (χ0n) is 14.9. The highest BCUT2D eigenvalue weighted by Gasteiger charge is 2.49. The van der Waals surface area contributed by atoms with Gasteiger partial charge in [-0.3, -0.25) is 9.69 Å². The number of likely N-dealkylation sites (tertiary alicyclic amines) is 1. The molecule has 138 valence electrons. The molecule has 0 saturated carbocycles. The molecule has 2 aromatic carbocycles. The van der Waals surface area contributed by atoms with Crippen molar-refractivity contribution in [2.45, 2.75) is 32.4 Å². The predicted molar refractivity (Wildman–Crippen MR) is 97.3 cm³/mol. The summed E-state index contributed by atoms with van der Waals surface area (Å²) in [4.78, 5) is 14.2. The Hall–Kier alpha value is -2.24. The Kier molecular flexibility index (Phi) is 5.39. The Balaban J connectivity index is 1.85. The van der Waals surface area contributed by atoms with Gasteiger partial charge in [-0.05, 0) is 42.5 Å². The second kappa shape index (κ2) is 7.56. The van der Waals surface area contributed by atoms with Crippen molar-refractivity contribution in [1.29, 1.82) is 0 Å². The summed E-state index contributed by atoms with van der Waals surface area (Å²) in [5, 5.41) is 20.5. The van der Waals surface area contributed by atoms with Crippen LogP contribution >= 0.6 is 0 Å². The number of hydrogen-bond acceptors (Lipinski definition) is 3. The molecule has 0 spiro atoms. The van der Waals surface area contributed by atoms with E-state index in [1.807, 2.05) is 41.3 Å². The van der Waals surface area contributed by atoms with Crippen LogP contribution in [0.5, 0.6) is 0 Å². The van der Waals surface area contributed by atoms with Crippen LogP contribution < -0.4 is 0 Å². The summed E-state index contributed by atoms with van der Waals surface area (Å²) in [6.07, 6.45) is -0.263. The quantitative estimate of drug-likeness (QED) is 0.864. The molecule has 1 fully saturated rings. The Morgan fingerprint density at radius 2 is 1.96 bits per heavy atom. The standard InChI is InChI=1S/C21H24FNO3/c1-15-17(8-5-9-18(15)22)13-23-11-10-19(24)21(14-23,20(25)26)12-16-6-3-2-4-7-16/h2-9,19,24H,10-14H2,1H3,(H,25,26)/t19-,21-/m0/s1. The van der Waals surface area contributed by atoms with Gasteiger partial charge < -0.3 is 10.2 Å². The lowest BCUT2D eigenvalue weighted by Crippen LogP contribution is -2.56. The zero-order valence-corrected chi connectivity index (χ0v) is 14.9. The first kappa shape index (κ1) is 18.5. The van der Waals surface area contributed by atoms with Crippen LogP contribution in [0.15, 0.2) is 48.5 Å². The molecule has 1 heterocycles. The molecular weight excluding hydrogens is 333 g/mol. The molecule has 3 rings (SSSR count). The van der Waals surface area contributed by atoms with Crippen molar-refractivity contribution in [2.75, 3.05) is 13.1 Å². The van der Waals surface area contributed by atoms with Gasteiger partial charge in [-0.15, -0.1) is 0 Å². The highest BCUT2D eigenvalue weighted by molar-refractivity contribution is 5.76. The van der Waals surface area contributed by atoms with Gasteiger partial charge >= 0.3 is 5.97 Å². The van der Waals surface area contributed by atoms with E-state index in [0.29, 0.717) is 25.1 Å². The molecule has 2 aromatic rings. The van der Waals surface area contributed by atoms with Gasteiger partial charge in [0.25, 0.3) is 0 Å². The van der Waals surface area contributed by atoms with E-state index in [0.717, 1.165) is 11.1 Å². The third-order valence-corrected chi connectivity index (χ3v) is 5.42. The number of aliphatic carboxylic acids is 1. The lowest BCUT2D eigenvalue weighted by atomic mass is 9.72. The van der Waals surface area contributed by atoms with Crippen molar-refractivity contribution in [3.8, 4) is 0 Å². The summed E-state index contributed by atoms with van der Waals surface area (Å²) in [7, 11) is 0. The van der Waals surface area contributed by atoms with Crippen LogP contribution in [0.3, 0.4) is 0 Å². The van der Waals surface area contributed by atoms with Crippen LogP contribution in [-0.4, -0.2) is 40.3 Å². The van der Waals surface area contributed by atoms with Crippen LogP contribution in [0.2, 0.25) is 0 Å². The van der Waals surface area contributed by atoms with E-state index in [9.17, 15) is 19.4 Å². The molecule has 2 atom stereocenters. The first-order chi connectivity index (χ1) is 12.4. The first-order valence-electron chi connectivity index (χ1n) is 8.84. The minimum atomic E-state index is -1.26. The third-order valence-electron chi connectivity index (χ3n) is 5.42. The lowest BCUT2D eigenvalue weighted by Gasteiger charge is -2.43. The fourth-order valence-corrected chi connectivity index (χ4v) is 3.78. The molecule has 0 amide bonds. The summed E-state index contributed by atoms with van der Waals surface area (Å²) in [6, 6.07) is 14.3. The van der Waals surface area contributed by atoms with Crippen LogP contribution in [0.4, 0.5) is 4.39 Å². The van der Waals surface area contributed by atoms with E-state index in [2.05, 4.69) is 0 Å². The smallest absolute Gasteiger partial charge is 0.313 e. The normalized spacial score (nSPS) is 23.7. The topological polar surface area (TPSA) is 60.8 Å². The fourth-order valence-electron chi connectivity index (χ4n) is 3.78. The molecule has 1 aliphatic heterocycles. The fraction of sp³-hybridized carbons (Fsp3) is 0.381. The number of carboxylic acids is 1. The predicted octanol–water partition coefficient (Wildman–Crippen LogP) is 3.01. The molecule has 0 aliphatic carbocycles. The van der Waals surface area contributed by atoms with E-state index in [1.54, 1.807) is 13.0 Å². The van der Waals surface area contributed by atoms with E-state index < -0.39 is 17.5 Å². The van der Waals surface area contributed by atoms with E-state index >= 15 is 0 Å². The van der Waals surface area contributed by atoms with Gasteiger partial charge in [0, 0.05) is 19.6 Å². The maximum atomic E-state index is 13.8. The monoisotopic (exact) mass is 357 g/mol. The molecule has 26 heavy (non-hydrogen) atoms.